The third-order valence-electron chi connectivity index (χ3n) is 10.8. The van der Waals surface area contributed by atoms with Crippen LogP contribution in [0.1, 0.15) is 0 Å². The molecule has 10 aromatic carbocycles. The molecule has 0 saturated heterocycles. The van der Waals surface area contributed by atoms with Crippen molar-refractivity contribution in [2.75, 3.05) is 0 Å². The summed E-state index contributed by atoms with van der Waals surface area (Å²) in [6.45, 7) is 0. The molecule has 0 atom stereocenters. The van der Waals surface area contributed by atoms with Crippen LogP contribution in [0, 0.1) is 0 Å². The highest BCUT2D eigenvalue weighted by atomic mass is 16.3. The Kier molecular flexibility index (Phi) is 6.02. The van der Waals surface area contributed by atoms with E-state index in [4.69, 9.17) is 4.42 Å². The highest BCUT2D eigenvalue weighted by Gasteiger charge is 2.18. The number of hydrogen-bond acceptors (Lipinski definition) is 1. The third-order valence-corrected chi connectivity index (χ3v) is 10.8. The molecule has 1 nitrogen and oxygen atoms in total. The second-order valence-corrected chi connectivity index (χ2v) is 13.6. The van der Waals surface area contributed by atoms with E-state index in [-0.39, 0.29) is 0 Å². The summed E-state index contributed by atoms with van der Waals surface area (Å²) in [6, 6.07) is 66.2. The maximum Gasteiger partial charge on any atom is 0.143 e. The molecule has 0 N–H and O–H groups in total. The van der Waals surface area contributed by atoms with Gasteiger partial charge in [0.25, 0.3) is 0 Å². The number of fused-ring (bicyclic) bond motifs is 11. The summed E-state index contributed by atoms with van der Waals surface area (Å²) in [5, 5.41) is 14.7. The van der Waals surface area contributed by atoms with Crippen molar-refractivity contribution in [3.8, 4) is 33.4 Å². The van der Waals surface area contributed by atoms with Crippen LogP contribution in [0.25, 0.3) is 109 Å². The van der Waals surface area contributed by atoms with Crippen molar-refractivity contribution >= 4 is 75.8 Å². The van der Waals surface area contributed by atoms with E-state index in [1.807, 2.05) is 0 Å². The average Bonchev–Trinajstić information content (AvgIpc) is 3.59. The van der Waals surface area contributed by atoms with Gasteiger partial charge in [-0.2, -0.15) is 0 Å². The summed E-state index contributed by atoms with van der Waals surface area (Å²) in [5.41, 5.74) is 9.29. The van der Waals surface area contributed by atoms with Gasteiger partial charge in [0.2, 0.25) is 0 Å². The summed E-state index contributed by atoms with van der Waals surface area (Å²) >= 11 is 0. The molecule has 0 aliphatic heterocycles. The smallest absolute Gasteiger partial charge is 0.143 e. The van der Waals surface area contributed by atoms with Gasteiger partial charge in [0, 0.05) is 16.2 Å². The summed E-state index contributed by atoms with van der Waals surface area (Å²) in [6.07, 6.45) is 0. The lowest BCUT2D eigenvalue weighted by Gasteiger charge is -2.18. The van der Waals surface area contributed by atoms with Crippen molar-refractivity contribution in [1.82, 2.24) is 0 Å². The van der Waals surface area contributed by atoms with Crippen molar-refractivity contribution in [1.29, 1.82) is 0 Å². The largest absolute Gasteiger partial charge is 0.455 e. The molecule has 11 rings (SSSR count). The van der Waals surface area contributed by atoms with Gasteiger partial charge in [0.1, 0.15) is 11.2 Å². The summed E-state index contributed by atoms with van der Waals surface area (Å²) in [4.78, 5) is 0. The van der Waals surface area contributed by atoms with Gasteiger partial charge in [0.15, 0.2) is 0 Å². The van der Waals surface area contributed by atoms with E-state index in [2.05, 4.69) is 182 Å². The van der Waals surface area contributed by atoms with E-state index < -0.39 is 0 Å². The van der Waals surface area contributed by atoms with Crippen LogP contribution in [0.3, 0.4) is 0 Å². The highest BCUT2D eigenvalue weighted by Crippen LogP contribution is 2.45. The average molecular weight is 647 g/mol. The number of benzene rings is 10. The van der Waals surface area contributed by atoms with Crippen LogP contribution in [0.15, 0.2) is 186 Å². The Hall–Kier alpha value is -6.70. The fourth-order valence-corrected chi connectivity index (χ4v) is 8.52. The lowest BCUT2D eigenvalue weighted by atomic mass is 9.85. The Labute approximate surface area is 294 Å². The topological polar surface area (TPSA) is 13.1 Å². The molecule has 0 spiro atoms. The van der Waals surface area contributed by atoms with Gasteiger partial charge in [-0.1, -0.05) is 158 Å². The molecule has 0 saturated carbocycles. The first-order valence-electron chi connectivity index (χ1n) is 17.6. The van der Waals surface area contributed by atoms with Gasteiger partial charge in [-0.25, -0.2) is 0 Å². The van der Waals surface area contributed by atoms with Crippen molar-refractivity contribution in [3.05, 3.63) is 182 Å². The minimum atomic E-state index is 0.915. The molecule has 0 fully saturated rings. The molecule has 0 aliphatic carbocycles. The van der Waals surface area contributed by atoms with Gasteiger partial charge >= 0.3 is 0 Å². The van der Waals surface area contributed by atoms with Crippen molar-refractivity contribution < 1.29 is 4.42 Å². The van der Waals surface area contributed by atoms with Crippen LogP contribution >= 0.6 is 0 Å². The Morgan fingerprint density at radius 1 is 0.275 bits per heavy atom. The summed E-state index contributed by atoms with van der Waals surface area (Å²) in [7, 11) is 0. The zero-order valence-electron chi connectivity index (χ0n) is 27.7. The molecule has 1 heterocycles. The highest BCUT2D eigenvalue weighted by molar-refractivity contribution is 6.30. The lowest BCUT2D eigenvalue weighted by Crippen LogP contribution is -1.90. The number of rotatable bonds is 3. The minimum absolute atomic E-state index is 0.915. The molecule has 51 heavy (non-hydrogen) atoms. The number of hydrogen-bond donors (Lipinski definition) is 0. The first-order valence-corrected chi connectivity index (χ1v) is 17.6. The van der Waals surface area contributed by atoms with Crippen LogP contribution in [-0.2, 0) is 0 Å². The van der Waals surface area contributed by atoms with Gasteiger partial charge in [0.05, 0.1) is 0 Å². The fraction of sp³-hybridized carbons (Fsp3) is 0. The molecular formula is C50H30O. The van der Waals surface area contributed by atoms with E-state index in [1.165, 1.54) is 87.2 Å². The van der Waals surface area contributed by atoms with Crippen LogP contribution in [-0.4, -0.2) is 0 Å². The van der Waals surface area contributed by atoms with Gasteiger partial charge < -0.3 is 4.42 Å². The number of furan rings is 1. The standard InChI is InChI=1S/C50H30O/c1-2-12-31(13-3-1)47-40-17-7-9-19-42(40)48(43-20-10-8-18-41(43)47)36-25-24-32-28-33(22-23-34(32)29-36)35-26-27-46-45(30-35)49-39-16-6-4-14-37(39)38-15-5-11-21-44(38)50(49)51-46/h1-30H. The lowest BCUT2D eigenvalue weighted by molar-refractivity contribution is 0.673. The van der Waals surface area contributed by atoms with Crippen LogP contribution in [0.4, 0.5) is 0 Å². The molecule has 0 unspecified atom stereocenters. The van der Waals surface area contributed by atoms with E-state index in [0.29, 0.717) is 0 Å². The van der Waals surface area contributed by atoms with Crippen molar-refractivity contribution in [2.45, 2.75) is 0 Å². The van der Waals surface area contributed by atoms with E-state index in [1.54, 1.807) is 0 Å². The summed E-state index contributed by atoms with van der Waals surface area (Å²) in [5.74, 6) is 0. The Bertz CT molecular complexity index is 3130. The predicted molar refractivity (Wildman–Crippen MR) is 218 cm³/mol. The SMILES string of the molecule is c1ccc(-c2c3ccccc3c(-c3ccc4cc(-c5ccc6oc7c8ccccc8c8ccccc8c7c6c5)ccc4c3)c3ccccc23)cc1. The van der Waals surface area contributed by atoms with E-state index >= 15 is 0 Å². The second-order valence-electron chi connectivity index (χ2n) is 13.6. The Morgan fingerprint density at radius 3 is 1.37 bits per heavy atom. The molecule has 11 aromatic rings. The van der Waals surface area contributed by atoms with Crippen LogP contribution < -0.4 is 0 Å². The second kappa shape index (κ2) is 10.9. The summed E-state index contributed by atoms with van der Waals surface area (Å²) < 4.78 is 6.58. The molecule has 1 aromatic heterocycles. The molecular weight excluding hydrogens is 617 g/mol. The van der Waals surface area contributed by atoms with E-state index in [0.717, 1.165) is 21.9 Å². The molecule has 0 aliphatic rings. The molecule has 0 bridgehead atoms. The zero-order valence-corrected chi connectivity index (χ0v) is 27.7. The maximum atomic E-state index is 6.58. The van der Waals surface area contributed by atoms with Crippen molar-refractivity contribution in [3.63, 3.8) is 0 Å². The monoisotopic (exact) mass is 646 g/mol. The Morgan fingerprint density at radius 2 is 0.725 bits per heavy atom. The van der Waals surface area contributed by atoms with Gasteiger partial charge in [-0.05, 0) is 106 Å². The molecule has 1 heteroatoms. The normalized spacial score (nSPS) is 11.9. The Balaban J connectivity index is 1.07. The van der Waals surface area contributed by atoms with Crippen LogP contribution in [0.5, 0.6) is 0 Å². The quantitative estimate of drug-likeness (QED) is 0.138. The zero-order chi connectivity index (χ0) is 33.5. The van der Waals surface area contributed by atoms with Gasteiger partial charge in [-0.15, -0.1) is 0 Å². The first-order chi connectivity index (χ1) is 25.3. The predicted octanol–water partition coefficient (Wildman–Crippen LogP) is 14.4. The molecule has 0 amide bonds. The molecule has 0 radical (unpaired) electrons. The van der Waals surface area contributed by atoms with E-state index in [9.17, 15) is 0 Å². The van der Waals surface area contributed by atoms with Crippen molar-refractivity contribution in [2.24, 2.45) is 0 Å². The minimum Gasteiger partial charge on any atom is -0.455 e. The molecule has 236 valence electrons. The van der Waals surface area contributed by atoms with Gasteiger partial charge in [-0.3, -0.25) is 0 Å². The maximum absolute atomic E-state index is 6.58. The van der Waals surface area contributed by atoms with Crippen LogP contribution in [0.2, 0.25) is 0 Å². The third kappa shape index (κ3) is 4.22. The fourth-order valence-electron chi connectivity index (χ4n) is 8.52. The first kappa shape index (κ1) is 28.2.